The zero-order valence-corrected chi connectivity index (χ0v) is 19.2. The smallest absolute Gasteiger partial charge is 0.224 e. The molecule has 2 heterocycles. The number of ether oxygens (including phenoxy) is 2. The van der Waals surface area contributed by atoms with Gasteiger partial charge >= 0.3 is 0 Å². The number of hydrogen-bond acceptors (Lipinski definition) is 5. The number of rotatable bonds is 7. The van der Waals surface area contributed by atoms with E-state index in [1.165, 1.54) is 18.2 Å². The highest BCUT2D eigenvalue weighted by atomic mass is 35.5. The van der Waals surface area contributed by atoms with Crippen LogP contribution in [-0.2, 0) is 11.2 Å². The molecule has 4 rings (SSSR count). The third kappa shape index (κ3) is 5.17. The van der Waals surface area contributed by atoms with Crippen molar-refractivity contribution in [2.45, 2.75) is 44.6 Å². The maximum Gasteiger partial charge on any atom is 0.224 e. The van der Waals surface area contributed by atoms with Crippen molar-refractivity contribution in [1.82, 2.24) is 0 Å². The number of benzene rings is 2. The minimum Gasteiger partial charge on any atom is -0.492 e. The molecular formula is C24H27ClF2N2O4. The summed E-state index contributed by atoms with van der Waals surface area (Å²) in [4.78, 5) is 13.5. The van der Waals surface area contributed by atoms with E-state index in [0.717, 1.165) is 6.42 Å². The van der Waals surface area contributed by atoms with E-state index in [2.05, 4.69) is 5.32 Å². The fraction of sp³-hybridized carbons (Fsp3) is 0.458. The van der Waals surface area contributed by atoms with Crippen LogP contribution in [0.5, 0.6) is 11.5 Å². The summed E-state index contributed by atoms with van der Waals surface area (Å²) in [7, 11) is 0. The molecule has 0 bridgehead atoms. The molecule has 0 unspecified atom stereocenters. The van der Waals surface area contributed by atoms with Gasteiger partial charge in [0.1, 0.15) is 35.3 Å². The molecule has 2 N–H and O–H groups in total. The average molecular weight is 481 g/mol. The van der Waals surface area contributed by atoms with Gasteiger partial charge in [-0.1, -0.05) is 18.5 Å². The molecule has 1 saturated heterocycles. The third-order valence-corrected chi connectivity index (χ3v) is 6.38. The number of carbonyl (C=O) groups excluding carboxylic acids is 1. The van der Waals surface area contributed by atoms with E-state index in [-0.39, 0.29) is 29.6 Å². The molecule has 2 aliphatic rings. The quantitative estimate of drug-likeness (QED) is 0.601. The van der Waals surface area contributed by atoms with Crippen molar-refractivity contribution in [1.29, 1.82) is 0 Å². The van der Waals surface area contributed by atoms with Crippen LogP contribution in [0.25, 0.3) is 0 Å². The highest BCUT2D eigenvalue weighted by Crippen LogP contribution is 2.37. The van der Waals surface area contributed by atoms with E-state index < -0.39 is 17.2 Å². The molecule has 0 saturated carbocycles. The van der Waals surface area contributed by atoms with Crippen molar-refractivity contribution in [3.63, 3.8) is 0 Å². The van der Waals surface area contributed by atoms with E-state index in [4.69, 9.17) is 21.1 Å². The Hall–Kier alpha value is -2.58. The lowest BCUT2D eigenvalue weighted by Crippen LogP contribution is -2.48. The lowest BCUT2D eigenvalue weighted by molar-refractivity contribution is -0.116. The maximum atomic E-state index is 14.6. The fourth-order valence-corrected chi connectivity index (χ4v) is 4.37. The van der Waals surface area contributed by atoms with Crippen LogP contribution in [0.4, 0.5) is 20.2 Å². The van der Waals surface area contributed by atoms with Crippen molar-refractivity contribution in [2.24, 2.45) is 0 Å². The van der Waals surface area contributed by atoms with Crippen LogP contribution in [0.2, 0.25) is 5.02 Å². The normalized spacial score (nSPS) is 17.4. The third-order valence-electron chi connectivity index (χ3n) is 6.08. The predicted octanol–water partition coefficient (Wildman–Crippen LogP) is 4.70. The van der Waals surface area contributed by atoms with Gasteiger partial charge in [0.2, 0.25) is 5.91 Å². The highest BCUT2D eigenvalue weighted by Gasteiger charge is 2.35. The highest BCUT2D eigenvalue weighted by molar-refractivity contribution is 6.32. The van der Waals surface area contributed by atoms with Crippen molar-refractivity contribution < 1.29 is 28.2 Å². The minimum atomic E-state index is -1.11. The molecule has 2 aliphatic heterocycles. The Kier molecular flexibility index (Phi) is 6.95. The molecule has 1 fully saturated rings. The molecule has 33 heavy (non-hydrogen) atoms. The summed E-state index contributed by atoms with van der Waals surface area (Å²) in [6.07, 6.45) is 2.16. The average Bonchev–Trinajstić information content (AvgIpc) is 2.79. The Balaban J connectivity index is 1.41. The molecular weight excluding hydrogens is 454 g/mol. The zero-order chi connectivity index (χ0) is 23.6. The standard InChI is InChI=1S/C24H27ClF2N2O4/c1-2-11-32-21-13-19(18(27)12-16(21)25)29-9-7-24(31,8-10-29)14-33-20-5-4-17(26)23-15(20)3-6-22(30)28-23/h4-5,12-13,31H,2-3,6-11,14H2,1H3,(H,28,30). The number of piperidine rings is 1. The number of amides is 1. The molecule has 1 amide bonds. The van der Waals surface area contributed by atoms with Crippen LogP contribution in [-0.4, -0.2) is 42.9 Å². The van der Waals surface area contributed by atoms with E-state index in [0.29, 0.717) is 61.7 Å². The first kappa shape index (κ1) is 23.6. The Morgan fingerprint density at radius 2 is 1.88 bits per heavy atom. The largest absolute Gasteiger partial charge is 0.492 e. The topological polar surface area (TPSA) is 71.0 Å². The first-order valence-corrected chi connectivity index (χ1v) is 11.5. The SMILES string of the molecule is CCCOc1cc(N2CCC(O)(COc3ccc(F)c4c3CCC(=O)N4)CC2)c(F)cc1Cl. The number of nitrogens with zero attached hydrogens (tertiary/aromatic N) is 1. The van der Waals surface area contributed by atoms with Gasteiger partial charge in [-0.25, -0.2) is 8.78 Å². The number of aliphatic hydroxyl groups is 1. The van der Waals surface area contributed by atoms with Gasteiger partial charge in [-0.05, 0) is 43.9 Å². The number of nitrogens with one attached hydrogen (secondary N) is 1. The summed E-state index contributed by atoms with van der Waals surface area (Å²) in [5.41, 5.74) is 0.0142. The predicted molar refractivity (Wildman–Crippen MR) is 122 cm³/mol. The van der Waals surface area contributed by atoms with E-state index >= 15 is 0 Å². The molecule has 0 radical (unpaired) electrons. The first-order valence-electron chi connectivity index (χ1n) is 11.1. The molecule has 0 atom stereocenters. The minimum absolute atomic E-state index is 0.0147. The molecule has 9 heteroatoms. The monoisotopic (exact) mass is 480 g/mol. The summed E-state index contributed by atoms with van der Waals surface area (Å²) in [5.74, 6) is -0.298. The van der Waals surface area contributed by atoms with Gasteiger partial charge in [0, 0.05) is 31.1 Å². The summed E-state index contributed by atoms with van der Waals surface area (Å²) in [6, 6.07) is 5.62. The second-order valence-electron chi connectivity index (χ2n) is 8.53. The molecule has 0 spiro atoms. The number of carbonyl (C=O) groups is 1. The molecule has 2 aromatic rings. The zero-order valence-electron chi connectivity index (χ0n) is 18.4. The Morgan fingerprint density at radius 3 is 2.61 bits per heavy atom. The van der Waals surface area contributed by atoms with E-state index in [9.17, 15) is 18.7 Å². The lowest BCUT2D eigenvalue weighted by atomic mass is 9.92. The number of hydrogen-bond donors (Lipinski definition) is 2. The Bertz CT molecular complexity index is 1040. The number of fused-ring (bicyclic) bond motifs is 1. The van der Waals surface area contributed by atoms with Crippen molar-refractivity contribution in [2.75, 3.05) is 36.5 Å². The van der Waals surface area contributed by atoms with Gasteiger partial charge < -0.3 is 24.8 Å². The lowest BCUT2D eigenvalue weighted by Gasteiger charge is -2.39. The molecule has 0 aliphatic carbocycles. The summed E-state index contributed by atoms with van der Waals surface area (Å²) >= 11 is 6.10. The van der Waals surface area contributed by atoms with Crippen LogP contribution in [0, 0.1) is 11.6 Å². The van der Waals surface area contributed by atoms with Gasteiger partial charge in [-0.2, -0.15) is 0 Å². The van der Waals surface area contributed by atoms with Crippen molar-refractivity contribution >= 4 is 28.9 Å². The Morgan fingerprint density at radius 1 is 1.12 bits per heavy atom. The summed E-state index contributed by atoms with van der Waals surface area (Å²) in [6.45, 7) is 3.32. The fourth-order valence-electron chi connectivity index (χ4n) is 4.16. The van der Waals surface area contributed by atoms with Crippen LogP contribution < -0.4 is 19.7 Å². The van der Waals surface area contributed by atoms with E-state index in [1.54, 1.807) is 6.07 Å². The maximum absolute atomic E-state index is 14.6. The van der Waals surface area contributed by atoms with Gasteiger partial charge in [0.05, 0.1) is 23.0 Å². The number of halogens is 3. The van der Waals surface area contributed by atoms with Crippen molar-refractivity contribution in [3.05, 3.63) is 46.5 Å². The van der Waals surface area contributed by atoms with E-state index in [1.807, 2.05) is 11.8 Å². The second kappa shape index (κ2) is 9.73. The van der Waals surface area contributed by atoms with Gasteiger partial charge in [0.15, 0.2) is 0 Å². The van der Waals surface area contributed by atoms with Gasteiger partial charge in [0.25, 0.3) is 0 Å². The van der Waals surface area contributed by atoms with Crippen LogP contribution >= 0.6 is 11.6 Å². The summed E-state index contributed by atoms with van der Waals surface area (Å²) in [5, 5.41) is 13.8. The van der Waals surface area contributed by atoms with Gasteiger partial charge in [-0.15, -0.1) is 0 Å². The number of anilines is 2. The van der Waals surface area contributed by atoms with Crippen LogP contribution in [0.15, 0.2) is 24.3 Å². The molecule has 0 aromatic heterocycles. The van der Waals surface area contributed by atoms with Gasteiger partial charge in [-0.3, -0.25) is 4.79 Å². The molecule has 178 valence electrons. The van der Waals surface area contributed by atoms with Crippen molar-refractivity contribution in [3.8, 4) is 11.5 Å². The van der Waals surface area contributed by atoms with Crippen LogP contribution in [0.3, 0.4) is 0 Å². The molecule has 6 nitrogen and oxygen atoms in total. The second-order valence-corrected chi connectivity index (χ2v) is 8.94. The molecule has 2 aromatic carbocycles. The Labute approximate surface area is 196 Å². The first-order chi connectivity index (χ1) is 15.8. The van der Waals surface area contributed by atoms with Crippen LogP contribution in [0.1, 0.15) is 38.2 Å². The summed E-state index contributed by atoms with van der Waals surface area (Å²) < 4.78 is 40.2.